The van der Waals surface area contributed by atoms with Gasteiger partial charge in [0.2, 0.25) is 5.95 Å². The van der Waals surface area contributed by atoms with Gasteiger partial charge in [0.25, 0.3) is 0 Å². The van der Waals surface area contributed by atoms with Gasteiger partial charge in [0.1, 0.15) is 11.2 Å². The first-order valence-electron chi connectivity index (χ1n) is 19.5. The SMILES string of the molecule is C.c1ccc(-c2ccc(-c3nc(-c4ccc5ccccc5c4)nc(-n4c5cc6ccccc6cc5c5cccc(-c6cccc7c6oc6ccccc67)c54)n3)cc2)cc1. The predicted octanol–water partition coefficient (Wildman–Crippen LogP) is 14.5. The lowest BCUT2D eigenvalue weighted by molar-refractivity contribution is 0.670. The van der Waals surface area contributed by atoms with Crippen LogP contribution in [-0.2, 0) is 0 Å². The molecule has 0 radical (unpaired) electrons. The molecule has 0 amide bonds. The van der Waals surface area contributed by atoms with Gasteiger partial charge < -0.3 is 4.42 Å². The summed E-state index contributed by atoms with van der Waals surface area (Å²) in [6, 6.07) is 68.0. The summed E-state index contributed by atoms with van der Waals surface area (Å²) in [6.45, 7) is 0. The van der Waals surface area contributed by atoms with Crippen molar-refractivity contribution in [2.24, 2.45) is 0 Å². The number of aromatic nitrogens is 4. The molecule has 5 heteroatoms. The first kappa shape index (κ1) is 34.4. The van der Waals surface area contributed by atoms with E-state index in [0.717, 1.165) is 93.3 Å². The molecule has 12 aromatic rings. The molecule has 0 fully saturated rings. The van der Waals surface area contributed by atoms with Crippen molar-refractivity contribution in [1.82, 2.24) is 19.5 Å². The zero-order valence-corrected chi connectivity index (χ0v) is 31.2. The van der Waals surface area contributed by atoms with Crippen LogP contribution in [0.5, 0.6) is 0 Å². The van der Waals surface area contributed by atoms with E-state index in [1.165, 1.54) is 5.39 Å². The molecule has 5 nitrogen and oxygen atoms in total. The van der Waals surface area contributed by atoms with Gasteiger partial charge in [-0.05, 0) is 56.9 Å². The molecule has 278 valence electrons. The summed E-state index contributed by atoms with van der Waals surface area (Å²) in [5, 5.41) is 9.00. The van der Waals surface area contributed by atoms with E-state index in [2.05, 4.69) is 180 Å². The van der Waals surface area contributed by atoms with Crippen molar-refractivity contribution in [2.45, 2.75) is 7.43 Å². The molecule has 3 aromatic heterocycles. The molecule has 0 saturated carbocycles. The number of furan rings is 1. The molecule has 9 aromatic carbocycles. The fourth-order valence-electron chi connectivity index (χ4n) is 8.63. The van der Waals surface area contributed by atoms with Crippen LogP contribution in [0.15, 0.2) is 199 Å². The van der Waals surface area contributed by atoms with Gasteiger partial charge in [-0.2, -0.15) is 9.97 Å². The number of nitrogens with zero attached hydrogens (tertiary/aromatic N) is 4. The average molecular weight is 757 g/mol. The monoisotopic (exact) mass is 756 g/mol. The van der Waals surface area contributed by atoms with Gasteiger partial charge in [0, 0.05) is 43.8 Å². The maximum Gasteiger partial charge on any atom is 0.238 e. The smallest absolute Gasteiger partial charge is 0.238 e. The van der Waals surface area contributed by atoms with E-state index in [9.17, 15) is 0 Å². The van der Waals surface area contributed by atoms with E-state index >= 15 is 0 Å². The first-order valence-corrected chi connectivity index (χ1v) is 19.5. The fourth-order valence-corrected chi connectivity index (χ4v) is 8.63. The highest BCUT2D eigenvalue weighted by Crippen LogP contribution is 2.43. The van der Waals surface area contributed by atoms with Crippen molar-refractivity contribution >= 4 is 65.3 Å². The Morgan fingerprint density at radius 2 is 0.949 bits per heavy atom. The largest absolute Gasteiger partial charge is 0.455 e. The Morgan fingerprint density at radius 1 is 0.373 bits per heavy atom. The quantitative estimate of drug-likeness (QED) is 0.175. The van der Waals surface area contributed by atoms with Crippen LogP contribution >= 0.6 is 0 Å². The molecule has 0 bridgehead atoms. The number of hydrogen-bond donors (Lipinski definition) is 0. The van der Waals surface area contributed by atoms with Gasteiger partial charge in [-0.15, -0.1) is 0 Å². The van der Waals surface area contributed by atoms with Crippen molar-refractivity contribution < 1.29 is 4.42 Å². The van der Waals surface area contributed by atoms with E-state index in [-0.39, 0.29) is 7.43 Å². The summed E-state index contributed by atoms with van der Waals surface area (Å²) in [6.07, 6.45) is 0. The van der Waals surface area contributed by atoms with Gasteiger partial charge in [-0.3, -0.25) is 4.57 Å². The van der Waals surface area contributed by atoms with E-state index in [0.29, 0.717) is 17.6 Å². The van der Waals surface area contributed by atoms with Crippen LogP contribution in [0.25, 0.3) is 116 Å². The summed E-state index contributed by atoms with van der Waals surface area (Å²) in [5.74, 6) is 1.74. The minimum atomic E-state index is 0. The predicted molar refractivity (Wildman–Crippen MR) is 245 cm³/mol. The third-order valence-corrected chi connectivity index (χ3v) is 11.4. The summed E-state index contributed by atoms with van der Waals surface area (Å²) in [5.41, 5.74) is 9.89. The van der Waals surface area contributed by atoms with Crippen LogP contribution in [0, 0.1) is 0 Å². The highest BCUT2D eigenvalue weighted by molar-refractivity contribution is 6.19. The maximum absolute atomic E-state index is 6.65. The lowest BCUT2D eigenvalue weighted by Crippen LogP contribution is -2.07. The van der Waals surface area contributed by atoms with Crippen LogP contribution < -0.4 is 0 Å². The van der Waals surface area contributed by atoms with Crippen molar-refractivity contribution in [3.63, 3.8) is 0 Å². The van der Waals surface area contributed by atoms with E-state index in [4.69, 9.17) is 19.4 Å². The molecule has 0 aliphatic carbocycles. The second-order valence-electron chi connectivity index (χ2n) is 14.8. The second kappa shape index (κ2) is 13.6. The lowest BCUT2D eigenvalue weighted by atomic mass is 9.99. The second-order valence-corrected chi connectivity index (χ2v) is 14.8. The molecule has 0 aliphatic heterocycles. The Balaban J connectivity index is 0.00000397. The minimum Gasteiger partial charge on any atom is -0.455 e. The average Bonchev–Trinajstić information content (AvgIpc) is 3.84. The maximum atomic E-state index is 6.65. The highest BCUT2D eigenvalue weighted by Gasteiger charge is 2.23. The Bertz CT molecular complexity index is 3560. The Hall–Kier alpha value is -7.89. The van der Waals surface area contributed by atoms with Crippen LogP contribution in [0.3, 0.4) is 0 Å². The standard InChI is InChI=1S/C53H32N4O.CH4/c1-2-12-33(13-3-1)35-24-27-36(28-25-35)51-54-52(40-29-26-34-14-4-5-15-37(34)30-40)56-53(55-51)57-47-32-39-17-7-6-16-38(39)31-46(47)43-20-10-19-42(49(43)57)45-22-11-21-44-41-18-8-9-23-48(41)58-50(44)45;/h1-32H;1H4. The highest BCUT2D eigenvalue weighted by atomic mass is 16.3. The Kier molecular flexibility index (Phi) is 7.95. The summed E-state index contributed by atoms with van der Waals surface area (Å²) in [7, 11) is 0. The van der Waals surface area contributed by atoms with Crippen molar-refractivity contribution in [3.05, 3.63) is 194 Å². The van der Waals surface area contributed by atoms with Gasteiger partial charge in [0.05, 0.1) is 11.0 Å². The van der Waals surface area contributed by atoms with Gasteiger partial charge in [-0.25, -0.2) is 4.98 Å². The number of rotatable bonds is 5. The number of fused-ring (bicyclic) bond motifs is 8. The first-order chi connectivity index (χ1) is 28.7. The van der Waals surface area contributed by atoms with Crippen LogP contribution in [0.1, 0.15) is 7.43 Å². The third-order valence-electron chi connectivity index (χ3n) is 11.4. The minimum absolute atomic E-state index is 0. The van der Waals surface area contributed by atoms with Crippen LogP contribution in [-0.4, -0.2) is 19.5 Å². The molecule has 0 saturated heterocycles. The number of hydrogen-bond acceptors (Lipinski definition) is 4. The summed E-state index contributed by atoms with van der Waals surface area (Å²) < 4.78 is 8.89. The number of para-hydroxylation sites is 3. The topological polar surface area (TPSA) is 56.7 Å². The Morgan fingerprint density at radius 3 is 1.75 bits per heavy atom. The van der Waals surface area contributed by atoms with E-state index in [1.54, 1.807) is 0 Å². The third kappa shape index (κ3) is 5.58. The molecule has 0 N–H and O–H groups in total. The number of benzene rings is 9. The molecule has 0 aliphatic rings. The summed E-state index contributed by atoms with van der Waals surface area (Å²) in [4.78, 5) is 15.9. The van der Waals surface area contributed by atoms with Crippen molar-refractivity contribution in [3.8, 4) is 51.0 Å². The van der Waals surface area contributed by atoms with Crippen LogP contribution in [0.4, 0.5) is 0 Å². The van der Waals surface area contributed by atoms with Gasteiger partial charge >= 0.3 is 0 Å². The molecule has 12 rings (SSSR count). The molecule has 0 spiro atoms. The van der Waals surface area contributed by atoms with Gasteiger partial charge in [-0.1, -0.05) is 177 Å². The zero-order valence-electron chi connectivity index (χ0n) is 31.2. The van der Waals surface area contributed by atoms with Crippen molar-refractivity contribution in [2.75, 3.05) is 0 Å². The molecule has 59 heavy (non-hydrogen) atoms. The normalized spacial score (nSPS) is 11.6. The molecule has 0 atom stereocenters. The fraction of sp³-hybridized carbons (Fsp3) is 0.0185. The Labute approximate surface area is 340 Å². The zero-order chi connectivity index (χ0) is 38.2. The van der Waals surface area contributed by atoms with Crippen LogP contribution in [0.2, 0.25) is 0 Å². The molecule has 0 unspecified atom stereocenters. The summed E-state index contributed by atoms with van der Waals surface area (Å²) >= 11 is 0. The van der Waals surface area contributed by atoms with E-state index in [1.807, 2.05) is 18.2 Å². The van der Waals surface area contributed by atoms with Gasteiger partial charge in [0.15, 0.2) is 11.6 Å². The van der Waals surface area contributed by atoms with E-state index < -0.39 is 0 Å². The molecular weight excluding hydrogens is 721 g/mol. The molecular formula is C54H36N4O. The molecule has 3 heterocycles. The van der Waals surface area contributed by atoms with Crippen molar-refractivity contribution in [1.29, 1.82) is 0 Å². The lowest BCUT2D eigenvalue weighted by Gasteiger charge is -2.14.